The molecule has 7 aromatic carbocycles. The summed E-state index contributed by atoms with van der Waals surface area (Å²) in [6.07, 6.45) is 11.5. The van der Waals surface area contributed by atoms with E-state index in [9.17, 15) is 0 Å². The lowest BCUT2D eigenvalue weighted by atomic mass is 9.73. The van der Waals surface area contributed by atoms with Crippen molar-refractivity contribution >= 4 is 65.6 Å². The molecule has 1 heterocycles. The average molecular weight is 745 g/mol. The fourth-order valence-electron chi connectivity index (χ4n) is 9.88. The number of rotatable bonds is 9. The van der Waals surface area contributed by atoms with E-state index in [1.165, 1.54) is 117 Å². The van der Waals surface area contributed by atoms with E-state index >= 15 is 0 Å². The van der Waals surface area contributed by atoms with Gasteiger partial charge in [-0.1, -0.05) is 129 Å². The van der Waals surface area contributed by atoms with E-state index in [4.69, 9.17) is 0 Å². The number of thiophene rings is 1. The molecule has 0 aliphatic heterocycles. The summed E-state index contributed by atoms with van der Waals surface area (Å²) in [5.41, 5.74) is 11.5. The maximum atomic E-state index is 2.51. The smallest absolute Gasteiger partial charge is 0.0554 e. The van der Waals surface area contributed by atoms with Gasteiger partial charge in [-0.15, -0.1) is 11.3 Å². The van der Waals surface area contributed by atoms with Crippen LogP contribution >= 0.6 is 11.3 Å². The van der Waals surface area contributed by atoms with E-state index in [0.717, 1.165) is 11.4 Å². The monoisotopic (exact) mass is 744 g/mol. The van der Waals surface area contributed by atoms with Gasteiger partial charge in [0.25, 0.3) is 0 Å². The van der Waals surface area contributed by atoms with Crippen molar-refractivity contribution in [2.75, 3.05) is 9.80 Å². The summed E-state index contributed by atoms with van der Waals surface area (Å²) in [7, 11) is 0. The molecule has 0 spiro atoms. The molecule has 8 aromatic rings. The molecule has 0 radical (unpaired) electrons. The van der Waals surface area contributed by atoms with Crippen LogP contribution in [0.1, 0.15) is 80.4 Å². The SMILES string of the molecule is c1ccc(N(c2ccccc2)c2ccc(C3(c4ccc(N(c5ccc(C6CCCCC6)cc5)c5cccc6sc7ccccc7c56)cc4)CCCC3)cc2)cc1. The number of para-hydroxylation sites is 2. The van der Waals surface area contributed by atoms with Gasteiger partial charge < -0.3 is 9.80 Å². The quantitative estimate of drug-likeness (QED) is 0.145. The standard InChI is InChI=1S/C53H48N2S/c1-4-15-39(16-5-1)40-25-31-46(32-26-40)55(49-22-14-24-51-52(49)48-21-10-11-23-50(48)56-51)47-35-29-42(30-36-47)53(37-12-13-38-53)41-27-33-45(34-28-41)54(43-17-6-2-7-18-43)44-19-8-3-9-20-44/h2-3,6-11,14,17-36,39H,1,4-5,12-13,15-16,37-38H2. The number of nitrogens with zero attached hydrogens (tertiary/aromatic N) is 2. The Morgan fingerprint density at radius 1 is 0.411 bits per heavy atom. The van der Waals surface area contributed by atoms with Crippen LogP contribution in [0.25, 0.3) is 20.2 Å². The minimum absolute atomic E-state index is 0.00255. The number of fused-ring (bicyclic) bond motifs is 3. The Bertz CT molecular complexity index is 2500. The minimum Gasteiger partial charge on any atom is -0.311 e. The van der Waals surface area contributed by atoms with E-state index in [0.29, 0.717) is 5.92 Å². The topological polar surface area (TPSA) is 6.48 Å². The van der Waals surface area contributed by atoms with Gasteiger partial charge in [0.05, 0.1) is 5.69 Å². The molecule has 2 saturated carbocycles. The molecule has 56 heavy (non-hydrogen) atoms. The van der Waals surface area contributed by atoms with Crippen LogP contribution in [0.4, 0.5) is 34.1 Å². The van der Waals surface area contributed by atoms with Crippen molar-refractivity contribution in [1.29, 1.82) is 0 Å². The second-order valence-electron chi connectivity index (χ2n) is 15.9. The molecule has 0 unspecified atom stereocenters. The van der Waals surface area contributed by atoms with Gasteiger partial charge in [-0.2, -0.15) is 0 Å². The zero-order valence-corrected chi connectivity index (χ0v) is 32.8. The highest BCUT2D eigenvalue weighted by atomic mass is 32.1. The largest absolute Gasteiger partial charge is 0.311 e. The lowest BCUT2D eigenvalue weighted by Crippen LogP contribution is -2.24. The molecule has 0 atom stereocenters. The number of hydrogen-bond donors (Lipinski definition) is 0. The normalized spacial score (nSPS) is 15.6. The first-order valence-electron chi connectivity index (χ1n) is 20.7. The molecule has 0 N–H and O–H groups in total. The van der Waals surface area contributed by atoms with Crippen LogP contribution in [0.3, 0.4) is 0 Å². The summed E-state index contributed by atoms with van der Waals surface area (Å²) < 4.78 is 2.67. The van der Waals surface area contributed by atoms with E-state index in [2.05, 4.69) is 186 Å². The van der Waals surface area contributed by atoms with Crippen molar-refractivity contribution in [3.8, 4) is 0 Å². The lowest BCUT2D eigenvalue weighted by molar-refractivity contribution is 0.443. The Balaban J connectivity index is 1.03. The van der Waals surface area contributed by atoms with Gasteiger partial charge >= 0.3 is 0 Å². The van der Waals surface area contributed by atoms with Crippen molar-refractivity contribution in [2.45, 2.75) is 69.1 Å². The molecule has 0 amide bonds. The molecule has 0 saturated heterocycles. The minimum atomic E-state index is -0.00255. The molecule has 2 nitrogen and oxygen atoms in total. The van der Waals surface area contributed by atoms with E-state index in [1.807, 2.05) is 11.3 Å². The summed E-state index contributed by atoms with van der Waals surface area (Å²) in [5.74, 6) is 0.686. The Labute approximate surface area is 335 Å². The van der Waals surface area contributed by atoms with Crippen LogP contribution in [-0.2, 0) is 5.41 Å². The van der Waals surface area contributed by atoms with Gasteiger partial charge in [-0.25, -0.2) is 0 Å². The Morgan fingerprint density at radius 3 is 1.52 bits per heavy atom. The summed E-state index contributed by atoms with van der Waals surface area (Å²) >= 11 is 1.89. The van der Waals surface area contributed by atoms with Crippen molar-refractivity contribution < 1.29 is 0 Å². The van der Waals surface area contributed by atoms with Gasteiger partial charge in [0, 0.05) is 54.0 Å². The first kappa shape index (κ1) is 34.8. The second-order valence-corrected chi connectivity index (χ2v) is 17.0. The van der Waals surface area contributed by atoms with Crippen molar-refractivity contribution in [3.05, 3.63) is 193 Å². The Morgan fingerprint density at radius 2 is 0.911 bits per heavy atom. The van der Waals surface area contributed by atoms with E-state index in [1.54, 1.807) is 0 Å². The molecular weight excluding hydrogens is 697 g/mol. The van der Waals surface area contributed by atoms with Gasteiger partial charge in [-0.3, -0.25) is 0 Å². The number of anilines is 6. The third-order valence-corrected chi connectivity index (χ3v) is 13.8. The Hall–Kier alpha value is -5.64. The molecule has 0 bridgehead atoms. The van der Waals surface area contributed by atoms with Gasteiger partial charge in [-0.05, 0) is 127 Å². The fraction of sp³-hybridized carbons (Fsp3) is 0.208. The number of hydrogen-bond acceptors (Lipinski definition) is 3. The molecule has 276 valence electrons. The van der Waals surface area contributed by atoms with Crippen molar-refractivity contribution in [3.63, 3.8) is 0 Å². The van der Waals surface area contributed by atoms with Crippen LogP contribution < -0.4 is 9.80 Å². The van der Waals surface area contributed by atoms with E-state index in [-0.39, 0.29) is 5.41 Å². The first-order chi connectivity index (χ1) is 27.7. The van der Waals surface area contributed by atoms with Crippen LogP contribution in [0.2, 0.25) is 0 Å². The lowest BCUT2D eigenvalue weighted by Gasteiger charge is -2.33. The van der Waals surface area contributed by atoms with Crippen molar-refractivity contribution in [1.82, 2.24) is 0 Å². The second kappa shape index (κ2) is 15.1. The summed E-state index contributed by atoms with van der Waals surface area (Å²) in [4.78, 5) is 4.86. The highest BCUT2D eigenvalue weighted by molar-refractivity contribution is 7.26. The zero-order valence-electron chi connectivity index (χ0n) is 32.0. The average Bonchev–Trinajstić information content (AvgIpc) is 3.93. The third kappa shape index (κ3) is 6.38. The van der Waals surface area contributed by atoms with Crippen molar-refractivity contribution in [2.24, 2.45) is 0 Å². The summed E-state index contributed by atoms with van der Waals surface area (Å²) in [6, 6.07) is 65.8. The zero-order chi connectivity index (χ0) is 37.3. The number of benzene rings is 7. The molecule has 2 fully saturated rings. The predicted molar refractivity (Wildman–Crippen MR) is 240 cm³/mol. The maximum Gasteiger partial charge on any atom is 0.0554 e. The van der Waals surface area contributed by atoms with E-state index < -0.39 is 0 Å². The molecule has 2 aliphatic rings. The molecular formula is C53H48N2S. The van der Waals surface area contributed by atoms with Crippen LogP contribution in [0, 0.1) is 0 Å². The summed E-state index contributed by atoms with van der Waals surface area (Å²) in [6.45, 7) is 0. The van der Waals surface area contributed by atoms with Crippen LogP contribution in [0.5, 0.6) is 0 Å². The molecule has 1 aromatic heterocycles. The molecule has 3 heteroatoms. The van der Waals surface area contributed by atoms with Gasteiger partial charge in [0.15, 0.2) is 0 Å². The highest BCUT2D eigenvalue weighted by Gasteiger charge is 2.37. The summed E-state index contributed by atoms with van der Waals surface area (Å²) in [5, 5.41) is 2.66. The van der Waals surface area contributed by atoms with Gasteiger partial charge in [0.1, 0.15) is 0 Å². The van der Waals surface area contributed by atoms with Gasteiger partial charge in [0.2, 0.25) is 0 Å². The molecule has 2 aliphatic carbocycles. The highest BCUT2D eigenvalue weighted by Crippen LogP contribution is 2.49. The van der Waals surface area contributed by atoms with Crippen LogP contribution in [0.15, 0.2) is 176 Å². The fourth-order valence-corrected chi connectivity index (χ4v) is 11.0. The molecule has 10 rings (SSSR count). The first-order valence-corrected chi connectivity index (χ1v) is 21.5. The van der Waals surface area contributed by atoms with Crippen LogP contribution in [-0.4, -0.2) is 0 Å². The Kier molecular flexibility index (Phi) is 9.41. The maximum absolute atomic E-state index is 2.51. The predicted octanol–water partition coefficient (Wildman–Crippen LogP) is 15.9. The third-order valence-electron chi connectivity index (χ3n) is 12.7.